The van der Waals surface area contributed by atoms with Crippen molar-refractivity contribution in [1.29, 1.82) is 0 Å². The number of amides is 2. The van der Waals surface area contributed by atoms with Gasteiger partial charge in [0.1, 0.15) is 36.2 Å². The minimum Gasteiger partial charge on any atom is -0.464 e. The van der Waals surface area contributed by atoms with Crippen molar-refractivity contribution in [1.82, 2.24) is 10.2 Å². The molecule has 0 aromatic heterocycles. The fourth-order valence-corrected chi connectivity index (χ4v) is 11.1. The Morgan fingerprint density at radius 2 is 1.62 bits per heavy atom. The third-order valence-electron chi connectivity index (χ3n) is 16.2. The number of carbonyl (C=O) groups is 7. The number of piperidine rings is 1. The van der Waals surface area contributed by atoms with E-state index in [-0.39, 0.29) is 55.8 Å². The molecule has 0 spiro atoms. The van der Waals surface area contributed by atoms with Crippen LogP contribution in [0.2, 0.25) is 0 Å². The Labute approximate surface area is 462 Å². The lowest BCUT2D eigenvalue weighted by Crippen LogP contribution is -2.61. The topological polar surface area (TPSA) is 260 Å². The van der Waals surface area contributed by atoms with E-state index in [0.717, 1.165) is 16.9 Å². The molecule has 1 aliphatic carbocycles. The molecule has 78 heavy (non-hydrogen) atoms. The molecule has 4 aliphatic rings. The van der Waals surface area contributed by atoms with Crippen LogP contribution in [-0.2, 0) is 61.9 Å². The number of nitrogens with zero attached hydrogens (tertiary/aromatic N) is 1. The van der Waals surface area contributed by atoms with Gasteiger partial charge in [-0.15, -0.1) is 0 Å². The van der Waals surface area contributed by atoms with Gasteiger partial charge in [-0.1, -0.05) is 84.4 Å². The monoisotopic (exact) mass is 1100 g/mol. The molecule has 4 N–H and O–H groups in total. The summed E-state index contributed by atoms with van der Waals surface area (Å²) in [5.41, 5.74) is 1.20. The van der Waals surface area contributed by atoms with E-state index in [4.69, 9.17) is 33.2 Å². The van der Waals surface area contributed by atoms with Crippen LogP contribution in [-0.4, -0.2) is 163 Å². The van der Waals surface area contributed by atoms with Crippen molar-refractivity contribution < 1.29 is 82.0 Å². The quantitative estimate of drug-likeness (QED) is 0.0497. The lowest BCUT2D eigenvalue weighted by atomic mass is 9.78. The van der Waals surface area contributed by atoms with Gasteiger partial charge >= 0.3 is 18.0 Å². The lowest BCUT2D eigenvalue weighted by Gasteiger charge is -2.42. The summed E-state index contributed by atoms with van der Waals surface area (Å²) in [6.07, 6.45) is 9.87. The molecule has 3 fully saturated rings. The Bertz CT molecular complexity index is 2140. The molecule has 19 heteroatoms. The fraction of sp³-hybridized carbons (Fsp3) is 0.746. The molecule has 0 aromatic carbocycles. The number of cyclic esters (lactones) is 1. The van der Waals surface area contributed by atoms with Gasteiger partial charge in [-0.05, 0) is 113 Å². The second-order valence-corrected chi connectivity index (χ2v) is 22.4. The van der Waals surface area contributed by atoms with Crippen LogP contribution in [0.15, 0.2) is 47.6 Å². The molecular formula is C59H92N2O17. The first-order chi connectivity index (χ1) is 37.0. The van der Waals surface area contributed by atoms with Crippen LogP contribution in [0, 0.1) is 35.5 Å². The number of fused-ring (bicyclic) bond motifs is 3. The highest BCUT2D eigenvalue weighted by atomic mass is 16.6. The van der Waals surface area contributed by atoms with E-state index >= 15 is 0 Å². The van der Waals surface area contributed by atoms with Crippen molar-refractivity contribution >= 4 is 41.3 Å². The number of nitrogens with one attached hydrogen (secondary N) is 1. The number of ketones is 3. The van der Waals surface area contributed by atoms with Crippen molar-refractivity contribution in [3.63, 3.8) is 0 Å². The zero-order chi connectivity index (χ0) is 57.9. The first-order valence-corrected chi connectivity index (χ1v) is 28.3. The largest absolute Gasteiger partial charge is 0.464 e. The van der Waals surface area contributed by atoms with Gasteiger partial charge in [0.2, 0.25) is 5.79 Å². The molecule has 2 amide bonds. The number of rotatable bonds is 13. The summed E-state index contributed by atoms with van der Waals surface area (Å²) in [7, 11) is 4.41. The summed E-state index contributed by atoms with van der Waals surface area (Å²) in [5.74, 6) is -9.56. The summed E-state index contributed by atoms with van der Waals surface area (Å²) >= 11 is 0. The third-order valence-corrected chi connectivity index (χ3v) is 16.2. The van der Waals surface area contributed by atoms with E-state index in [1.165, 1.54) is 14.2 Å². The van der Waals surface area contributed by atoms with Crippen LogP contribution in [0.3, 0.4) is 0 Å². The number of aliphatic hydroxyl groups excluding tert-OH is 2. The molecule has 10 unspecified atom stereocenters. The fourth-order valence-electron chi connectivity index (χ4n) is 11.1. The molecule has 0 radical (unpaired) electrons. The van der Waals surface area contributed by atoms with Crippen LogP contribution >= 0.6 is 0 Å². The van der Waals surface area contributed by atoms with E-state index in [9.17, 15) is 48.9 Å². The normalized spacial score (nSPS) is 35.8. The minimum absolute atomic E-state index is 0.0143. The molecule has 0 aromatic rings. The maximum Gasteiger partial charge on any atom is 0.408 e. The van der Waals surface area contributed by atoms with Crippen molar-refractivity contribution in [3.05, 3.63) is 47.6 Å². The Balaban J connectivity index is 1.65. The standard InChI is InChI=1S/C59H92N2O17/c1-12-13-27-75-56(68)44(34-62)60-58(70)77-47-25-23-42(31-50(47)73-10)30-38(5)49-33-46(63)37(4)29-40(7)52(65)53(74-11)51(64)39(6)28-35(2)19-15-14-16-20-36(3)48(72-9)32-43-24-22-41(8)59(71,78-43)54(66)55(67)61-26-18-17-21-45(61)57(69)76-49/h14-16,19-20,29,35,37-39,41-45,47-50,52-53,62,65,71H,12-13,17-18,21-28,30-34H2,1-11H3,(H,60,70)/b16-14+,19-15-,36-20+,40-29+/t35?,37?,38?,39-,41-,42?,43?,44?,45+,47-,48?,49?,50?,52-,53?,59-/m1/s1. The van der Waals surface area contributed by atoms with Gasteiger partial charge in [0, 0.05) is 58.5 Å². The number of ether oxygens (including phenoxy) is 7. The van der Waals surface area contributed by atoms with Crippen molar-refractivity contribution in [2.75, 3.05) is 41.1 Å². The molecular weight excluding hydrogens is 1010 g/mol. The Morgan fingerprint density at radius 1 is 0.885 bits per heavy atom. The number of unbranched alkanes of at least 4 members (excludes halogenated alkanes) is 1. The predicted molar refractivity (Wildman–Crippen MR) is 289 cm³/mol. The van der Waals surface area contributed by atoms with Gasteiger partial charge in [0.05, 0.1) is 31.5 Å². The number of hydrogen-bond acceptors (Lipinski definition) is 17. The summed E-state index contributed by atoms with van der Waals surface area (Å²) in [4.78, 5) is 98.1. The molecule has 4 rings (SSSR count). The van der Waals surface area contributed by atoms with Gasteiger partial charge < -0.3 is 58.7 Å². The van der Waals surface area contributed by atoms with Crippen molar-refractivity contribution in [2.24, 2.45) is 35.5 Å². The van der Waals surface area contributed by atoms with E-state index in [0.29, 0.717) is 69.8 Å². The van der Waals surface area contributed by atoms with E-state index in [1.54, 1.807) is 40.9 Å². The lowest BCUT2D eigenvalue weighted by molar-refractivity contribution is -0.265. The molecule has 3 heterocycles. The number of aliphatic hydroxyl groups is 3. The van der Waals surface area contributed by atoms with E-state index in [2.05, 4.69) is 5.32 Å². The van der Waals surface area contributed by atoms with E-state index in [1.807, 2.05) is 58.1 Å². The summed E-state index contributed by atoms with van der Waals surface area (Å²) < 4.78 is 40.6. The Kier molecular flexibility index (Phi) is 27.0. The summed E-state index contributed by atoms with van der Waals surface area (Å²) in [6.45, 7) is 13.9. The summed E-state index contributed by atoms with van der Waals surface area (Å²) in [5, 5.41) is 35.8. The average molecular weight is 1100 g/mol. The number of Topliss-reactive ketones (excluding diaryl/α,β-unsaturated/α-hetero) is 3. The Morgan fingerprint density at radius 3 is 2.28 bits per heavy atom. The van der Waals surface area contributed by atoms with Gasteiger partial charge in [-0.2, -0.15) is 0 Å². The highest BCUT2D eigenvalue weighted by Crippen LogP contribution is 2.38. The predicted octanol–water partition coefficient (Wildman–Crippen LogP) is 6.62. The SMILES string of the molecule is CCCCOC(=O)C(CO)NC(=O)O[C@@H]1CCC(CC(C)C2CC(=O)C(C)/C=C(\C)[C@@H](O)C(OC)C(=O)[C@H](C)CC(C)\C=C/C=C/C=C(\C)C(OC)CC3CC[C@@H](C)[C@@](O)(O3)C(=O)C(=O)N3CCCC[C@H]3C(=O)O2)CC1OC. The zero-order valence-corrected chi connectivity index (χ0v) is 48.1. The first kappa shape index (κ1) is 65.9. The minimum atomic E-state index is -2.48. The molecule has 19 nitrogen and oxygen atoms in total. The summed E-state index contributed by atoms with van der Waals surface area (Å²) in [6, 6.07) is -2.53. The molecule has 1 saturated carbocycles. The zero-order valence-electron chi connectivity index (χ0n) is 48.1. The molecule has 16 atom stereocenters. The second kappa shape index (κ2) is 32.0. The number of esters is 2. The van der Waals surface area contributed by atoms with Crippen molar-refractivity contribution in [3.8, 4) is 0 Å². The number of alkyl carbamates (subject to hydrolysis) is 1. The van der Waals surface area contributed by atoms with Crippen LogP contribution in [0.5, 0.6) is 0 Å². The number of carbonyl (C=O) groups excluding carboxylic acids is 7. The number of allylic oxidation sites excluding steroid dienone is 6. The van der Waals surface area contributed by atoms with Crippen LogP contribution in [0.25, 0.3) is 0 Å². The van der Waals surface area contributed by atoms with Crippen LogP contribution in [0.4, 0.5) is 4.79 Å². The Hall–Kier alpha value is -4.63. The number of methoxy groups -OCH3 is 3. The van der Waals surface area contributed by atoms with Gasteiger partial charge in [-0.3, -0.25) is 19.2 Å². The first-order valence-electron chi connectivity index (χ1n) is 28.3. The van der Waals surface area contributed by atoms with Crippen LogP contribution in [0.1, 0.15) is 145 Å². The van der Waals surface area contributed by atoms with Gasteiger partial charge in [0.25, 0.3) is 11.7 Å². The van der Waals surface area contributed by atoms with Crippen LogP contribution < -0.4 is 5.32 Å². The molecule has 440 valence electrons. The second-order valence-electron chi connectivity index (χ2n) is 22.4. The third kappa shape index (κ3) is 18.5. The van der Waals surface area contributed by atoms with Crippen molar-refractivity contribution in [2.45, 2.75) is 206 Å². The highest BCUT2D eigenvalue weighted by Gasteiger charge is 2.53. The van der Waals surface area contributed by atoms with Gasteiger partial charge in [-0.25, -0.2) is 14.4 Å². The van der Waals surface area contributed by atoms with Gasteiger partial charge in [0.15, 0.2) is 11.8 Å². The van der Waals surface area contributed by atoms with E-state index < -0.39 is 121 Å². The number of hydrogen-bond donors (Lipinski definition) is 4. The smallest absolute Gasteiger partial charge is 0.408 e. The average Bonchev–Trinajstić information content (AvgIpc) is 3.43. The molecule has 3 aliphatic heterocycles. The highest BCUT2D eigenvalue weighted by molar-refractivity contribution is 6.39. The molecule has 2 saturated heterocycles. The maximum atomic E-state index is 14.6. The molecule has 2 bridgehead atoms. The maximum absolute atomic E-state index is 14.6.